The molecule has 3 aliphatic heterocycles. The van der Waals surface area contributed by atoms with E-state index in [1.807, 2.05) is 0 Å². The number of rotatable bonds is 3. The van der Waals surface area contributed by atoms with Gasteiger partial charge in [-0.1, -0.05) is 6.42 Å². The van der Waals surface area contributed by atoms with Gasteiger partial charge in [-0.3, -0.25) is 9.80 Å². The smallest absolute Gasteiger partial charge is 0.0430 e. The number of nitrogens with zero attached hydrogens (tertiary/aromatic N) is 2. The van der Waals surface area contributed by atoms with Gasteiger partial charge in [-0.15, -0.1) is 0 Å². The van der Waals surface area contributed by atoms with Gasteiger partial charge in [0.05, 0.1) is 0 Å². The Morgan fingerprint density at radius 1 is 1.17 bits per heavy atom. The summed E-state index contributed by atoms with van der Waals surface area (Å²) in [5.74, 6) is 2.57. The number of hydrogen-bond acceptors (Lipinski definition) is 4. The van der Waals surface area contributed by atoms with Crippen LogP contribution in [0, 0.1) is 0 Å². The molecule has 2 unspecified atom stereocenters. The van der Waals surface area contributed by atoms with Gasteiger partial charge in [0.1, 0.15) is 0 Å². The van der Waals surface area contributed by atoms with Crippen LogP contribution in [0.1, 0.15) is 32.1 Å². The molecule has 3 heterocycles. The maximum atomic E-state index is 6.10. The zero-order chi connectivity index (χ0) is 12.4. The summed E-state index contributed by atoms with van der Waals surface area (Å²) >= 11 is 2.09. The topological polar surface area (TPSA) is 32.5 Å². The van der Waals surface area contributed by atoms with Crippen molar-refractivity contribution >= 4 is 11.8 Å². The van der Waals surface area contributed by atoms with Crippen LogP contribution >= 0.6 is 11.8 Å². The van der Waals surface area contributed by atoms with Gasteiger partial charge >= 0.3 is 0 Å². The summed E-state index contributed by atoms with van der Waals surface area (Å²) in [6, 6.07) is 0.819. The number of hydrogen-bond donors (Lipinski definition) is 1. The van der Waals surface area contributed by atoms with E-state index in [9.17, 15) is 0 Å². The largest absolute Gasteiger partial charge is 0.329 e. The molecule has 0 aromatic heterocycles. The van der Waals surface area contributed by atoms with Crippen molar-refractivity contribution in [3.8, 4) is 0 Å². The molecule has 0 aromatic rings. The third-order valence-electron chi connectivity index (χ3n) is 5.20. The molecule has 0 aliphatic carbocycles. The molecule has 3 fully saturated rings. The van der Waals surface area contributed by atoms with Gasteiger partial charge in [0.15, 0.2) is 0 Å². The molecule has 2 atom stereocenters. The Morgan fingerprint density at radius 3 is 2.67 bits per heavy atom. The van der Waals surface area contributed by atoms with Crippen LogP contribution in [0.25, 0.3) is 0 Å². The molecule has 2 N–H and O–H groups in total. The first-order chi connectivity index (χ1) is 8.84. The van der Waals surface area contributed by atoms with Gasteiger partial charge in [-0.05, 0) is 44.5 Å². The van der Waals surface area contributed by atoms with Crippen LogP contribution in [0.2, 0.25) is 0 Å². The third kappa shape index (κ3) is 2.45. The van der Waals surface area contributed by atoms with E-state index in [2.05, 4.69) is 21.6 Å². The summed E-state index contributed by atoms with van der Waals surface area (Å²) in [6.07, 6.45) is 6.94. The van der Waals surface area contributed by atoms with E-state index in [-0.39, 0.29) is 0 Å². The second-order valence-corrected chi connectivity index (χ2v) is 7.32. The standard InChI is InChI=1S/C14H27N3S/c15-11-14(5-9-18-12-14)17-8-4-13(10-17)16-6-2-1-3-7-16/h13H,1-12,15H2. The van der Waals surface area contributed by atoms with Gasteiger partial charge in [-0.2, -0.15) is 11.8 Å². The van der Waals surface area contributed by atoms with Crippen molar-refractivity contribution in [2.24, 2.45) is 5.73 Å². The van der Waals surface area contributed by atoms with E-state index in [4.69, 9.17) is 5.73 Å². The minimum Gasteiger partial charge on any atom is -0.329 e. The molecule has 0 spiro atoms. The lowest BCUT2D eigenvalue weighted by Crippen LogP contribution is -2.54. The van der Waals surface area contributed by atoms with Gasteiger partial charge in [0.25, 0.3) is 0 Å². The molecule has 3 nitrogen and oxygen atoms in total. The fraction of sp³-hybridized carbons (Fsp3) is 1.00. The van der Waals surface area contributed by atoms with Gasteiger partial charge < -0.3 is 5.73 Å². The minimum absolute atomic E-state index is 0.342. The monoisotopic (exact) mass is 269 g/mol. The quantitative estimate of drug-likeness (QED) is 0.839. The summed E-state index contributed by atoms with van der Waals surface area (Å²) in [4.78, 5) is 5.47. The predicted molar refractivity (Wildman–Crippen MR) is 79.1 cm³/mol. The molecule has 0 amide bonds. The van der Waals surface area contributed by atoms with Crippen LogP contribution in [0.5, 0.6) is 0 Å². The van der Waals surface area contributed by atoms with Crippen molar-refractivity contribution in [3.05, 3.63) is 0 Å². The summed E-state index contributed by atoms with van der Waals surface area (Å²) in [6.45, 7) is 6.08. The zero-order valence-corrected chi connectivity index (χ0v) is 12.3. The van der Waals surface area contributed by atoms with Crippen molar-refractivity contribution in [1.29, 1.82) is 0 Å². The first kappa shape index (κ1) is 13.2. The maximum Gasteiger partial charge on any atom is 0.0430 e. The number of thioether (sulfide) groups is 1. The Kier molecular flexibility index (Phi) is 4.18. The number of nitrogens with two attached hydrogens (primary N) is 1. The Balaban J connectivity index is 1.60. The first-order valence-corrected chi connectivity index (χ1v) is 8.76. The second kappa shape index (κ2) is 5.70. The van der Waals surface area contributed by atoms with Crippen molar-refractivity contribution in [1.82, 2.24) is 9.80 Å². The zero-order valence-electron chi connectivity index (χ0n) is 11.4. The fourth-order valence-electron chi connectivity index (χ4n) is 3.89. The van der Waals surface area contributed by atoms with Crippen LogP contribution in [0.4, 0.5) is 0 Å². The lowest BCUT2D eigenvalue weighted by atomic mass is 9.97. The molecule has 0 bridgehead atoms. The molecule has 3 rings (SSSR count). The van der Waals surface area contributed by atoms with E-state index < -0.39 is 0 Å². The highest BCUT2D eigenvalue weighted by atomic mass is 32.2. The van der Waals surface area contributed by atoms with Gasteiger partial charge in [0, 0.05) is 37.0 Å². The molecule has 4 heteroatoms. The SMILES string of the molecule is NCC1(N2CCC(N3CCCCC3)C2)CCSC1. The summed E-state index contributed by atoms with van der Waals surface area (Å²) < 4.78 is 0. The predicted octanol–water partition coefficient (Wildman–Crippen LogP) is 1.38. The number of piperidine rings is 1. The summed E-state index contributed by atoms with van der Waals surface area (Å²) in [7, 11) is 0. The Morgan fingerprint density at radius 2 is 2.00 bits per heavy atom. The van der Waals surface area contributed by atoms with E-state index in [1.54, 1.807) is 0 Å². The highest BCUT2D eigenvalue weighted by Crippen LogP contribution is 2.36. The molecule has 0 aromatic carbocycles. The van der Waals surface area contributed by atoms with Gasteiger partial charge in [0.2, 0.25) is 0 Å². The van der Waals surface area contributed by atoms with Crippen LogP contribution in [-0.4, -0.2) is 65.6 Å². The summed E-state index contributed by atoms with van der Waals surface area (Å²) in [5, 5.41) is 0. The molecule has 3 saturated heterocycles. The lowest BCUT2D eigenvalue weighted by molar-refractivity contribution is 0.118. The fourth-order valence-corrected chi connectivity index (χ4v) is 5.38. The minimum atomic E-state index is 0.342. The van der Waals surface area contributed by atoms with Crippen LogP contribution in [0.3, 0.4) is 0 Å². The number of likely N-dealkylation sites (tertiary alicyclic amines) is 2. The van der Waals surface area contributed by atoms with E-state index in [0.29, 0.717) is 5.54 Å². The van der Waals surface area contributed by atoms with Crippen LogP contribution < -0.4 is 5.73 Å². The molecule has 18 heavy (non-hydrogen) atoms. The van der Waals surface area contributed by atoms with E-state index in [1.165, 1.54) is 69.8 Å². The summed E-state index contributed by atoms with van der Waals surface area (Å²) in [5.41, 5.74) is 6.45. The van der Waals surface area contributed by atoms with Crippen molar-refractivity contribution in [3.63, 3.8) is 0 Å². The second-order valence-electron chi connectivity index (χ2n) is 6.22. The average molecular weight is 269 g/mol. The molecular formula is C14H27N3S. The van der Waals surface area contributed by atoms with Crippen LogP contribution in [0.15, 0.2) is 0 Å². The Hall–Kier alpha value is 0.230. The Labute approximate surface area is 115 Å². The Bertz CT molecular complexity index is 272. The van der Waals surface area contributed by atoms with Crippen molar-refractivity contribution < 1.29 is 0 Å². The normalized spacial score (nSPS) is 39.5. The molecular weight excluding hydrogens is 242 g/mol. The first-order valence-electron chi connectivity index (χ1n) is 7.61. The van der Waals surface area contributed by atoms with Crippen molar-refractivity contribution in [2.45, 2.75) is 43.7 Å². The molecule has 3 aliphatic rings. The van der Waals surface area contributed by atoms with Gasteiger partial charge in [-0.25, -0.2) is 0 Å². The average Bonchev–Trinajstić information content (AvgIpc) is 3.09. The van der Waals surface area contributed by atoms with E-state index >= 15 is 0 Å². The lowest BCUT2D eigenvalue weighted by Gasteiger charge is -2.38. The highest BCUT2D eigenvalue weighted by Gasteiger charge is 2.43. The third-order valence-corrected chi connectivity index (χ3v) is 6.44. The maximum absolute atomic E-state index is 6.10. The molecule has 0 radical (unpaired) electrons. The van der Waals surface area contributed by atoms with E-state index in [0.717, 1.165) is 12.6 Å². The van der Waals surface area contributed by atoms with Crippen LogP contribution in [-0.2, 0) is 0 Å². The highest BCUT2D eigenvalue weighted by molar-refractivity contribution is 7.99. The molecule has 0 saturated carbocycles. The van der Waals surface area contributed by atoms with Crippen molar-refractivity contribution in [2.75, 3.05) is 44.2 Å². The molecule has 104 valence electrons.